The number of ether oxygens (including phenoxy) is 1. The fraction of sp³-hybridized carbons (Fsp3) is 0.412. The molecule has 0 unspecified atom stereocenters. The van der Waals surface area contributed by atoms with Gasteiger partial charge in [0, 0.05) is 42.4 Å². The van der Waals surface area contributed by atoms with Crippen LogP contribution in [0.15, 0.2) is 35.3 Å². The maximum absolute atomic E-state index is 12.2. The van der Waals surface area contributed by atoms with Gasteiger partial charge in [0.05, 0.1) is 12.7 Å². The SMILES string of the molecule is O=C(NC[C@@H]1CO[C@H]2CN(c3ccc4nncn4n3)C[C@@H]12)c1ccsc1. The molecule has 1 N–H and O–H groups in total. The van der Waals surface area contributed by atoms with E-state index in [1.54, 1.807) is 10.8 Å². The Balaban J connectivity index is 1.24. The normalized spacial score (nSPS) is 24.9. The standard InChI is InChI=1S/C17H18N6O2S/c24-17(11-3-4-26-9-11)18-5-12-8-25-14-7-22(6-13(12)14)16-2-1-15-20-19-10-23(15)21-16/h1-4,9-10,12-14H,5-8H2,(H,18,24)/t12-,13+,14+/m1/s1. The minimum atomic E-state index is -0.00993. The van der Waals surface area contributed by atoms with Crippen molar-refractivity contribution in [3.05, 3.63) is 40.8 Å². The molecule has 8 nitrogen and oxygen atoms in total. The fourth-order valence-corrected chi connectivity index (χ4v) is 4.44. The molecule has 0 radical (unpaired) electrons. The van der Waals surface area contributed by atoms with Gasteiger partial charge in [-0.05, 0) is 23.6 Å². The van der Waals surface area contributed by atoms with Crippen molar-refractivity contribution < 1.29 is 9.53 Å². The van der Waals surface area contributed by atoms with Crippen molar-refractivity contribution in [3.63, 3.8) is 0 Å². The average molecular weight is 370 g/mol. The summed E-state index contributed by atoms with van der Waals surface area (Å²) in [7, 11) is 0. The van der Waals surface area contributed by atoms with Gasteiger partial charge in [0.25, 0.3) is 5.91 Å². The van der Waals surface area contributed by atoms with Gasteiger partial charge in [-0.3, -0.25) is 4.79 Å². The topological polar surface area (TPSA) is 84.6 Å². The molecule has 1 amide bonds. The van der Waals surface area contributed by atoms with E-state index in [-0.39, 0.29) is 12.0 Å². The lowest BCUT2D eigenvalue weighted by Crippen LogP contribution is -2.34. The number of anilines is 1. The van der Waals surface area contributed by atoms with Gasteiger partial charge < -0.3 is 15.0 Å². The zero-order valence-corrected chi connectivity index (χ0v) is 14.8. The van der Waals surface area contributed by atoms with Crippen LogP contribution in [0.1, 0.15) is 10.4 Å². The van der Waals surface area contributed by atoms with E-state index in [1.807, 2.05) is 29.0 Å². The van der Waals surface area contributed by atoms with E-state index in [1.165, 1.54) is 11.3 Å². The number of carbonyl (C=O) groups excluding carboxylic acids is 1. The Morgan fingerprint density at radius 3 is 3.19 bits per heavy atom. The predicted octanol–water partition coefficient (Wildman–Crippen LogP) is 1.07. The number of hydrogen-bond donors (Lipinski definition) is 1. The Kier molecular flexibility index (Phi) is 3.83. The van der Waals surface area contributed by atoms with E-state index in [4.69, 9.17) is 4.74 Å². The second kappa shape index (κ2) is 6.33. The molecular formula is C17H18N6O2S. The van der Waals surface area contributed by atoms with Crippen LogP contribution in [-0.4, -0.2) is 58.1 Å². The van der Waals surface area contributed by atoms with Crippen LogP contribution in [0.25, 0.3) is 5.65 Å². The molecule has 0 aromatic carbocycles. The Morgan fingerprint density at radius 1 is 1.35 bits per heavy atom. The van der Waals surface area contributed by atoms with E-state index < -0.39 is 0 Å². The smallest absolute Gasteiger partial charge is 0.252 e. The van der Waals surface area contributed by atoms with Crippen LogP contribution in [0.4, 0.5) is 5.82 Å². The summed E-state index contributed by atoms with van der Waals surface area (Å²) in [6, 6.07) is 5.74. The quantitative estimate of drug-likeness (QED) is 0.739. The summed E-state index contributed by atoms with van der Waals surface area (Å²) >= 11 is 1.53. The molecule has 5 rings (SSSR count). The Hall–Kier alpha value is -2.52. The summed E-state index contributed by atoms with van der Waals surface area (Å²) in [5, 5.41) is 19.3. The lowest BCUT2D eigenvalue weighted by atomic mass is 9.93. The summed E-state index contributed by atoms with van der Waals surface area (Å²) in [4.78, 5) is 14.4. The summed E-state index contributed by atoms with van der Waals surface area (Å²) < 4.78 is 7.67. The third-order valence-electron chi connectivity index (χ3n) is 5.22. The van der Waals surface area contributed by atoms with Crippen LogP contribution in [0.3, 0.4) is 0 Å². The van der Waals surface area contributed by atoms with Gasteiger partial charge >= 0.3 is 0 Å². The first kappa shape index (κ1) is 15.7. The second-order valence-electron chi connectivity index (χ2n) is 6.75. The molecule has 2 fully saturated rings. The number of nitrogens with one attached hydrogen (secondary N) is 1. The molecule has 2 saturated heterocycles. The molecule has 0 saturated carbocycles. The van der Waals surface area contributed by atoms with E-state index in [0.29, 0.717) is 25.0 Å². The number of thiophene rings is 1. The molecule has 134 valence electrons. The van der Waals surface area contributed by atoms with E-state index in [2.05, 4.69) is 25.5 Å². The van der Waals surface area contributed by atoms with Gasteiger partial charge in [0.15, 0.2) is 5.65 Å². The number of amides is 1. The van der Waals surface area contributed by atoms with Gasteiger partial charge in [-0.1, -0.05) is 0 Å². The highest BCUT2D eigenvalue weighted by Gasteiger charge is 2.44. The first-order valence-corrected chi connectivity index (χ1v) is 9.56. The molecule has 9 heteroatoms. The van der Waals surface area contributed by atoms with Gasteiger partial charge in [-0.2, -0.15) is 15.9 Å². The van der Waals surface area contributed by atoms with Crippen LogP contribution < -0.4 is 10.2 Å². The van der Waals surface area contributed by atoms with Crippen molar-refractivity contribution in [2.75, 3.05) is 31.1 Å². The van der Waals surface area contributed by atoms with Crippen molar-refractivity contribution in [1.29, 1.82) is 0 Å². The van der Waals surface area contributed by atoms with Crippen LogP contribution >= 0.6 is 11.3 Å². The van der Waals surface area contributed by atoms with Crippen LogP contribution in [0, 0.1) is 11.8 Å². The van der Waals surface area contributed by atoms with Crippen molar-refractivity contribution in [2.45, 2.75) is 6.10 Å². The van der Waals surface area contributed by atoms with E-state index in [9.17, 15) is 4.79 Å². The Labute approximate surface area is 153 Å². The highest BCUT2D eigenvalue weighted by Crippen LogP contribution is 2.35. The van der Waals surface area contributed by atoms with Crippen LogP contribution in [0.2, 0.25) is 0 Å². The predicted molar refractivity (Wildman–Crippen MR) is 96.4 cm³/mol. The lowest BCUT2D eigenvalue weighted by Gasteiger charge is -2.20. The highest BCUT2D eigenvalue weighted by molar-refractivity contribution is 7.08. The van der Waals surface area contributed by atoms with Crippen LogP contribution in [-0.2, 0) is 4.74 Å². The molecule has 0 bridgehead atoms. The number of hydrogen-bond acceptors (Lipinski definition) is 7. The number of carbonyl (C=O) groups is 1. The van der Waals surface area contributed by atoms with Gasteiger partial charge in [-0.25, -0.2) is 0 Å². The minimum absolute atomic E-state index is 0.00993. The van der Waals surface area contributed by atoms with E-state index >= 15 is 0 Å². The monoisotopic (exact) mass is 370 g/mol. The molecular weight excluding hydrogens is 352 g/mol. The maximum atomic E-state index is 12.2. The van der Waals surface area contributed by atoms with Gasteiger partial charge in [-0.15, -0.1) is 15.3 Å². The molecule has 0 spiro atoms. The summed E-state index contributed by atoms with van der Waals surface area (Å²) in [5.74, 6) is 1.61. The average Bonchev–Trinajstić information content (AvgIpc) is 3.43. The lowest BCUT2D eigenvalue weighted by molar-refractivity contribution is 0.0940. The van der Waals surface area contributed by atoms with Crippen molar-refractivity contribution >= 4 is 28.7 Å². The van der Waals surface area contributed by atoms with E-state index in [0.717, 1.165) is 30.1 Å². The zero-order chi connectivity index (χ0) is 17.5. The van der Waals surface area contributed by atoms with Gasteiger partial charge in [0.1, 0.15) is 12.1 Å². The molecule has 26 heavy (non-hydrogen) atoms. The third kappa shape index (κ3) is 2.73. The first-order valence-electron chi connectivity index (χ1n) is 8.62. The number of rotatable bonds is 4. The van der Waals surface area contributed by atoms with Crippen molar-refractivity contribution in [3.8, 4) is 0 Å². The van der Waals surface area contributed by atoms with Crippen LogP contribution in [0.5, 0.6) is 0 Å². The number of nitrogens with zero attached hydrogens (tertiary/aromatic N) is 5. The summed E-state index contributed by atoms with van der Waals surface area (Å²) in [6.45, 7) is 3.04. The minimum Gasteiger partial charge on any atom is -0.376 e. The Morgan fingerprint density at radius 2 is 2.31 bits per heavy atom. The highest BCUT2D eigenvalue weighted by atomic mass is 32.1. The third-order valence-corrected chi connectivity index (χ3v) is 5.90. The summed E-state index contributed by atoms with van der Waals surface area (Å²) in [6.07, 6.45) is 1.80. The maximum Gasteiger partial charge on any atom is 0.252 e. The van der Waals surface area contributed by atoms with Crippen molar-refractivity contribution in [1.82, 2.24) is 25.1 Å². The molecule has 2 aliphatic heterocycles. The second-order valence-corrected chi connectivity index (χ2v) is 7.53. The number of fused-ring (bicyclic) bond motifs is 2. The van der Waals surface area contributed by atoms with Gasteiger partial charge in [0.2, 0.25) is 0 Å². The van der Waals surface area contributed by atoms with Crippen molar-refractivity contribution in [2.24, 2.45) is 11.8 Å². The first-order chi connectivity index (χ1) is 12.8. The largest absolute Gasteiger partial charge is 0.376 e. The molecule has 3 aromatic rings. The molecule has 3 atom stereocenters. The fourth-order valence-electron chi connectivity index (χ4n) is 3.80. The molecule has 5 heterocycles. The molecule has 2 aliphatic rings. The zero-order valence-electron chi connectivity index (χ0n) is 14.0. The summed E-state index contributed by atoms with van der Waals surface area (Å²) in [5.41, 5.74) is 1.46. The Bertz CT molecular complexity index is 926. The molecule has 3 aromatic heterocycles. The molecule has 0 aliphatic carbocycles. The number of aromatic nitrogens is 4.